The van der Waals surface area contributed by atoms with E-state index < -0.39 is 0 Å². The van der Waals surface area contributed by atoms with E-state index in [9.17, 15) is 4.79 Å². The van der Waals surface area contributed by atoms with E-state index in [2.05, 4.69) is 36.4 Å². The van der Waals surface area contributed by atoms with Gasteiger partial charge in [-0.1, -0.05) is 26.0 Å². The number of nitrogens with one attached hydrogen (secondary N) is 2. The molecule has 1 aromatic carbocycles. The maximum absolute atomic E-state index is 12.5. The van der Waals surface area contributed by atoms with E-state index >= 15 is 0 Å². The Labute approximate surface area is 151 Å². The molecule has 0 aliphatic carbocycles. The lowest BCUT2D eigenvalue weighted by Crippen LogP contribution is -2.43. The van der Waals surface area contributed by atoms with Crippen molar-refractivity contribution < 1.29 is 4.79 Å². The fourth-order valence-electron chi connectivity index (χ4n) is 2.81. The van der Waals surface area contributed by atoms with Gasteiger partial charge >= 0.3 is 0 Å². The first-order valence-corrected chi connectivity index (χ1v) is 9.36. The molecule has 0 bridgehead atoms. The number of carbonyl (C=O) groups is 1. The number of carbonyl (C=O) groups excluding carboxylic acids is 1. The van der Waals surface area contributed by atoms with Gasteiger partial charge in [0, 0.05) is 38.3 Å². The van der Waals surface area contributed by atoms with Crippen molar-refractivity contribution in [2.24, 2.45) is 10.9 Å². The first-order valence-electron chi connectivity index (χ1n) is 9.36. The maximum atomic E-state index is 12.5. The van der Waals surface area contributed by atoms with Crippen LogP contribution in [-0.2, 0) is 6.54 Å². The van der Waals surface area contributed by atoms with E-state index in [-0.39, 0.29) is 5.91 Å². The Morgan fingerprint density at radius 3 is 2.32 bits per heavy atom. The second-order valence-electron chi connectivity index (χ2n) is 7.15. The molecule has 0 aromatic heterocycles. The molecule has 2 N–H and O–H groups in total. The van der Waals surface area contributed by atoms with Crippen LogP contribution in [0.1, 0.15) is 56.0 Å². The first-order chi connectivity index (χ1) is 12.0. The summed E-state index contributed by atoms with van der Waals surface area (Å²) in [6.45, 7) is 8.98. The van der Waals surface area contributed by atoms with Gasteiger partial charge in [0.25, 0.3) is 5.91 Å². The molecule has 1 unspecified atom stereocenters. The van der Waals surface area contributed by atoms with Crippen LogP contribution in [0, 0.1) is 5.92 Å². The number of piperidine rings is 1. The minimum Gasteiger partial charge on any atom is -0.354 e. The van der Waals surface area contributed by atoms with Crippen molar-refractivity contribution in [3.05, 3.63) is 35.4 Å². The molecule has 1 fully saturated rings. The topological polar surface area (TPSA) is 56.7 Å². The summed E-state index contributed by atoms with van der Waals surface area (Å²) in [6.07, 6.45) is 3.47. The molecule has 5 nitrogen and oxygen atoms in total. The van der Waals surface area contributed by atoms with Gasteiger partial charge < -0.3 is 15.5 Å². The average Bonchev–Trinajstić information content (AvgIpc) is 2.65. The fourth-order valence-corrected chi connectivity index (χ4v) is 2.81. The Morgan fingerprint density at radius 2 is 1.76 bits per heavy atom. The highest BCUT2D eigenvalue weighted by molar-refractivity contribution is 5.94. The van der Waals surface area contributed by atoms with Crippen molar-refractivity contribution in [2.75, 3.05) is 20.1 Å². The van der Waals surface area contributed by atoms with E-state index in [1.54, 1.807) is 7.05 Å². The summed E-state index contributed by atoms with van der Waals surface area (Å²) in [4.78, 5) is 18.7. The van der Waals surface area contributed by atoms with Crippen molar-refractivity contribution in [3.63, 3.8) is 0 Å². The molecular formula is C20H32N4O. The lowest BCUT2D eigenvalue weighted by molar-refractivity contribution is 0.0724. The number of benzene rings is 1. The smallest absolute Gasteiger partial charge is 0.253 e. The summed E-state index contributed by atoms with van der Waals surface area (Å²) >= 11 is 0. The van der Waals surface area contributed by atoms with Crippen LogP contribution in [0.4, 0.5) is 0 Å². The van der Waals surface area contributed by atoms with Gasteiger partial charge in [-0.05, 0) is 49.8 Å². The number of likely N-dealkylation sites (tertiary alicyclic amines) is 1. The Kier molecular flexibility index (Phi) is 7.29. The van der Waals surface area contributed by atoms with Crippen LogP contribution in [0.5, 0.6) is 0 Å². The summed E-state index contributed by atoms with van der Waals surface area (Å²) in [5, 5.41) is 6.71. The van der Waals surface area contributed by atoms with Gasteiger partial charge in [0.1, 0.15) is 0 Å². The molecular weight excluding hydrogens is 312 g/mol. The molecule has 0 spiro atoms. The fraction of sp³-hybridized carbons (Fsp3) is 0.600. The van der Waals surface area contributed by atoms with E-state index in [1.165, 1.54) is 6.42 Å². The SMILES string of the molecule is CN=C(NCc1ccc(C(=O)N2CCCCC2)cc1)NC(C)C(C)C. The van der Waals surface area contributed by atoms with Gasteiger partial charge in [-0.25, -0.2) is 0 Å². The molecule has 1 aromatic rings. The third-order valence-corrected chi connectivity index (χ3v) is 4.89. The van der Waals surface area contributed by atoms with Gasteiger partial charge in [0.2, 0.25) is 0 Å². The molecule has 1 atom stereocenters. The summed E-state index contributed by atoms with van der Waals surface area (Å²) < 4.78 is 0. The number of nitrogens with zero attached hydrogens (tertiary/aromatic N) is 2. The predicted molar refractivity (Wildman–Crippen MR) is 104 cm³/mol. The summed E-state index contributed by atoms with van der Waals surface area (Å²) in [6, 6.07) is 8.25. The van der Waals surface area contributed by atoms with Gasteiger partial charge in [-0.2, -0.15) is 0 Å². The Bertz CT molecular complexity index is 574. The summed E-state index contributed by atoms with van der Waals surface area (Å²) in [5.41, 5.74) is 1.91. The minimum atomic E-state index is 0.155. The third-order valence-electron chi connectivity index (χ3n) is 4.89. The van der Waals surface area contributed by atoms with Crippen LogP contribution >= 0.6 is 0 Å². The highest BCUT2D eigenvalue weighted by atomic mass is 16.2. The molecule has 0 saturated carbocycles. The lowest BCUT2D eigenvalue weighted by Gasteiger charge is -2.26. The quantitative estimate of drug-likeness (QED) is 0.638. The van der Waals surface area contributed by atoms with Crippen molar-refractivity contribution >= 4 is 11.9 Å². The standard InChI is InChI=1S/C20H32N4O/c1-15(2)16(3)23-20(21-4)22-14-17-8-10-18(11-9-17)19(25)24-12-6-5-7-13-24/h8-11,15-16H,5-7,12-14H2,1-4H3,(H2,21,22,23). The zero-order chi connectivity index (χ0) is 18.2. The molecule has 5 heteroatoms. The van der Waals surface area contributed by atoms with E-state index in [1.807, 2.05) is 29.2 Å². The van der Waals surface area contributed by atoms with E-state index in [4.69, 9.17) is 0 Å². The Balaban J connectivity index is 1.88. The highest BCUT2D eigenvalue weighted by Crippen LogP contribution is 2.14. The molecule has 1 heterocycles. The summed E-state index contributed by atoms with van der Waals surface area (Å²) in [5.74, 6) is 1.50. The maximum Gasteiger partial charge on any atom is 0.253 e. The largest absolute Gasteiger partial charge is 0.354 e. The Morgan fingerprint density at radius 1 is 1.12 bits per heavy atom. The van der Waals surface area contributed by atoms with Crippen molar-refractivity contribution in [3.8, 4) is 0 Å². The number of guanidine groups is 1. The number of amides is 1. The molecule has 25 heavy (non-hydrogen) atoms. The number of rotatable bonds is 5. The van der Waals surface area contributed by atoms with Gasteiger partial charge in [-0.15, -0.1) is 0 Å². The zero-order valence-corrected chi connectivity index (χ0v) is 16.0. The predicted octanol–water partition coefficient (Wildman–Crippen LogP) is 3.02. The molecule has 2 rings (SSSR count). The van der Waals surface area contributed by atoms with E-state index in [0.717, 1.165) is 43.0 Å². The molecule has 1 saturated heterocycles. The molecule has 1 aliphatic heterocycles. The monoisotopic (exact) mass is 344 g/mol. The second kappa shape index (κ2) is 9.44. The first kappa shape index (κ1) is 19.3. The Hall–Kier alpha value is -2.04. The zero-order valence-electron chi connectivity index (χ0n) is 16.0. The lowest BCUT2D eigenvalue weighted by atomic mass is 10.1. The molecule has 1 aliphatic rings. The highest BCUT2D eigenvalue weighted by Gasteiger charge is 2.17. The van der Waals surface area contributed by atoms with Crippen LogP contribution in [0.15, 0.2) is 29.3 Å². The molecule has 1 amide bonds. The second-order valence-corrected chi connectivity index (χ2v) is 7.15. The van der Waals surface area contributed by atoms with Crippen LogP contribution in [0.3, 0.4) is 0 Å². The van der Waals surface area contributed by atoms with Crippen molar-refractivity contribution in [2.45, 2.75) is 52.6 Å². The average molecular weight is 345 g/mol. The van der Waals surface area contributed by atoms with Crippen LogP contribution in [0.25, 0.3) is 0 Å². The number of aliphatic imine (C=N–C) groups is 1. The normalized spacial score (nSPS) is 16.7. The molecule has 138 valence electrons. The van der Waals surface area contributed by atoms with Crippen LogP contribution in [0.2, 0.25) is 0 Å². The van der Waals surface area contributed by atoms with E-state index in [0.29, 0.717) is 18.5 Å². The summed E-state index contributed by atoms with van der Waals surface area (Å²) in [7, 11) is 1.78. The molecule has 0 radical (unpaired) electrons. The van der Waals surface area contributed by atoms with Gasteiger partial charge in [-0.3, -0.25) is 9.79 Å². The van der Waals surface area contributed by atoms with Crippen molar-refractivity contribution in [1.82, 2.24) is 15.5 Å². The third kappa shape index (κ3) is 5.76. The van der Waals surface area contributed by atoms with Crippen molar-refractivity contribution in [1.29, 1.82) is 0 Å². The van der Waals surface area contributed by atoms with Gasteiger partial charge in [0.05, 0.1) is 0 Å². The minimum absolute atomic E-state index is 0.155. The van der Waals surface area contributed by atoms with Crippen LogP contribution in [-0.4, -0.2) is 42.9 Å². The van der Waals surface area contributed by atoms with Crippen LogP contribution < -0.4 is 10.6 Å². The van der Waals surface area contributed by atoms with Gasteiger partial charge in [0.15, 0.2) is 5.96 Å². The number of hydrogen-bond donors (Lipinski definition) is 2. The number of hydrogen-bond acceptors (Lipinski definition) is 2.